The Morgan fingerprint density at radius 1 is 1.11 bits per heavy atom. The van der Waals surface area contributed by atoms with Crippen LogP contribution in [-0.4, -0.2) is 25.7 Å². The van der Waals surface area contributed by atoms with Crippen LogP contribution >= 0.6 is 0 Å². The first kappa shape index (κ1) is 19.1. The van der Waals surface area contributed by atoms with Crippen LogP contribution in [0.25, 0.3) is 11.4 Å². The predicted octanol–water partition coefficient (Wildman–Crippen LogP) is 3.15. The maximum atomic E-state index is 12.7. The number of nitrogens with zero attached hydrogens (tertiary/aromatic N) is 2. The molecule has 0 bridgehead atoms. The molecule has 3 aromatic rings. The first-order chi connectivity index (χ1) is 12.8. The van der Waals surface area contributed by atoms with Gasteiger partial charge in [-0.3, -0.25) is 0 Å². The van der Waals surface area contributed by atoms with E-state index in [1.807, 2.05) is 31.2 Å². The summed E-state index contributed by atoms with van der Waals surface area (Å²) < 4.78 is 38.3. The van der Waals surface area contributed by atoms with Gasteiger partial charge in [0.25, 0.3) is 0 Å². The van der Waals surface area contributed by atoms with E-state index in [1.165, 1.54) is 0 Å². The molecule has 0 aliphatic rings. The second-order valence-electron chi connectivity index (χ2n) is 6.30. The van der Waals surface area contributed by atoms with Gasteiger partial charge in [-0.1, -0.05) is 28.9 Å². The van der Waals surface area contributed by atoms with Crippen LogP contribution in [0, 0.1) is 20.8 Å². The van der Waals surface area contributed by atoms with Crippen LogP contribution < -0.4 is 9.46 Å². The topological polar surface area (TPSA) is 94.3 Å². The first-order valence-electron chi connectivity index (χ1n) is 8.34. The molecular formula is C19H21N3O4S. The van der Waals surface area contributed by atoms with Crippen molar-refractivity contribution in [3.63, 3.8) is 0 Å². The molecule has 8 heteroatoms. The predicted molar refractivity (Wildman–Crippen MR) is 101 cm³/mol. The maximum Gasteiger partial charge on any atom is 0.242 e. The molecule has 0 amide bonds. The van der Waals surface area contributed by atoms with Crippen molar-refractivity contribution < 1.29 is 17.7 Å². The largest absolute Gasteiger partial charge is 0.497 e. The lowest BCUT2D eigenvalue weighted by molar-refractivity contribution is 0.376. The quantitative estimate of drug-likeness (QED) is 0.698. The Labute approximate surface area is 158 Å². The number of sulfonamides is 1. The van der Waals surface area contributed by atoms with Crippen molar-refractivity contribution in [1.29, 1.82) is 0 Å². The van der Waals surface area contributed by atoms with Crippen molar-refractivity contribution in [1.82, 2.24) is 14.9 Å². The molecule has 0 saturated carbocycles. The molecule has 7 nitrogen and oxygen atoms in total. The van der Waals surface area contributed by atoms with Crippen molar-refractivity contribution in [3.05, 3.63) is 59.0 Å². The van der Waals surface area contributed by atoms with Crippen LogP contribution in [0.5, 0.6) is 5.75 Å². The summed E-state index contributed by atoms with van der Waals surface area (Å²) in [5.74, 6) is 1.23. The van der Waals surface area contributed by atoms with Gasteiger partial charge in [-0.05, 0) is 50.1 Å². The minimum Gasteiger partial charge on any atom is -0.497 e. The molecule has 0 atom stereocenters. The van der Waals surface area contributed by atoms with Gasteiger partial charge >= 0.3 is 0 Å². The van der Waals surface area contributed by atoms with Gasteiger partial charge in [0.15, 0.2) is 0 Å². The maximum absolute atomic E-state index is 12.7. The van der Waals surface area contributed by atoms with Crippen molar-refractivity contribution in [2.45, 2.75) is 32.2 Å². The lowest BCUT2D eigenvalue weighted by Crippen LogP contribution is -2.25. The second-order valence-corrected chi connectivity index (χ2v) is 8.00. The monoisotopic (exact) mass is 387 g/mol. The van der Waals surface area contributed by atoms with Crippen LogP contribution in [0.15, 0.2) is 45.8 Å². The average molecular weight is 387 g/mol. The highest BCUT2D eigenvalue weighted by Gasteiger charge is 2.21. The zero-order valence-corrected chi connectivity index (χ0v) is 16.4. The molecule has 0 aliphatic heterocycles. The highest BCUT2D eigenvalue weighted by atomic mass is 32.2. The zero-order chi connectivity index (χ0) is 19.6. The molecule has 0 radical (unpaired) electrons. The van der Waals surface area contributed by atoms with Crippen LogP contribution in [0.4, 0.5) is 0 Å². The van der Waals surface area contributed by atoms with Crippen molar-refractivity contribution in [2.75, 3.05) is 7.11 Å². The van der Waals surface area contributed by atoms with E-state index < -0.39 is 10.0 Å². The Hall–Kier alpha value is -2.71. The summed E-state index contributed by atoms with van der Waals surface area (Å²) in [6.07, 6.45) is 0. The molecule has 2 aromatic carbocycles. The summed E-state index contributed by atoms with van der Waals surface area (Å²) in [6, 6.07) is 11.0. The number of aryl methyl sites for hydroxylation is 3. The third kappa shape index (κ3) is 4.17. The van der Waals surface area contributed by atoms with Crippen molar-refractivity contribution in [3.8, 4) is 17.1 Å². The summed E-state index contributed by atoms with van der Waals surface area (Å²) in [5.41, 5.74) is 3.09. The zero-order valence-electron chi connectivity index (χ0n) is 15.6. The van der Waals surface area contributed by atoms with Gasteiger partial charge in [0.2, 0.25) is 21.7 Å². The third-order valence-corrected chi connectivity index (χ3v) is 5.80. The van der Waals surface area contributed by atoms with E-state index >= 15 is 0 Å². The third-order valence-electron chi connectivity index (χ3n) is 4.10. The smallest absolute Gasteiger partial charge is 0.242 e. The summed E-state index contributed by atoms with van der Waals surface area (Å²) in [4.78, 5) is 4.49. The van der Waals surface area contributed by atoms with Gasteiger partial charge in [0, 0.05) is 5.56 Å². The van der Waals surface area contributed by atoms with Gasteiger partial charge in [0.1, 0.15) is 5.75 Å². The van der Waals surface area contributed by atoms with Gasteiger partial charge in [-0.25, -0.2) is 13.1 Å². The average Bonchev–Trinajstić information content (AvgIpc) is 3.08. The molecule has 142 valence electrons. The molecule has 1 aromatic heterocycles. The fraction of sp³-hybridized carbons (Fsp3) is 0.263. The Bertz CT molecular complexity index is 1050. The number of aromatic nitrogens is 2. The molecule has 0 fully saturated rings. The summed E-state index contributed by atoms with van der Waals surface area (Å²) >= 11 is 0. The number of nitrogens with one attached hydrogen (secondary N) is 1. The van der Waals surface area contributed by atoms with Gasteiger partial charge < -0.3 is 9.26 Å². The number of hydrogen-bond donors (Lipinski definition) is 1. The lowest BCUT2D eigenvalue weighted by Gasteiger charge is -2.12. The van der Waals surface area contributed by atoms with Crippen molar-refractivity contribution >= 4 is 10.0 Å². The summed E-state index contributed by atoms with van der Waals surface area (Å²) in [6.45, 7) is 5.34. The first-order valence-corrected chi connectivity index (χ1v) is 9.83. The standard InChI is InChI=1S/C19H21N3O4S/c1-12-6-5-7-15(8-12)19-21-17(26-22-19)11-20-27(23,24)18-13(2)9-16(25-4)10-14(18)3/h5-10,20H,11H2,1-4H3. The van der Waals surface area contributed by atoms with E-state index in [9.17, 15) is 8.42 Å². The van der Waals surface area contributed by atoms with Gasteiger partial charge in [0.05, 0.1) is 18.6 Å². The molecule has 0 spiro atoms. The van der Waals surface area contributed by atoms with E-state index in [-0.39, 0.29) is 17.3 Å². The summed E-state index contributed by atoms with van der Waals surface area (Å²) in [5, 5.41) is 3.92. The Morgan fingerprint density at radius 2 is 1.81 bits per heavy atom. The molecule has 0 unspecified atom stereocenters. The minimum atomic E-state index is -3.74. The fourth-order valence-electron chi connectivity index (χ4n) is 2.91. The lowest BCUT2D eigenvalue weighted by atomic mass is 10.1. The molecule has 0 saturated heterocycles. The highest BCUT2D eigenvalue weighted by Crippen LogP contribution is 2.25. The Morgan fingerprint density at radius 3 is 2.44 bits per heavy atom. The van der Waals surface area contributed by atoms with E-state index in [0.717, 1.165) is 11.1 Å². The van der Waals surface area contributed by atoms with Crippen molar-refractivity contribution in [2.24, 2.45) is 0 Å². The van der Waals surface area contributed by atoms with E-state index in [4.69, 9.17) is 9.26 Å². The molecular weight excluding hydrogens is 366 g/mol. The Kier molecular flexibility index (Phi) is 5.29. The number of rotatable bonds is 6. The van der Waals surface area contributed by atoms with Crippen LogP contribution in [0.3, 0.4) is 0 Å². The van der Waals surface area contributed by atoms with E-state index in [1.54, 1.807) is 33.1 Å². The highest BCUT2D eigenvalue weighted by molar-refractivity contribution is 7.89. The molecule has 3 rings (SSSR count). The minimum absolute atomic E-state index is 0.0912. The second kappa shape index (κ2) is 7.50. The van der Waals surface area contributed by atoms with E-state index in [0.29, 0.717) is 22.7 Å². The molecule has 27 heavy (non-hydrogen) atoms. The number of hydrogen-bond acceptors (Lipinski definition) is 6. The van der Waals surface area contributed by atoms with Gasteiger partial charge in [-0.15, -0.1) is 0 Å². The number of ether oxygens (including phenoxy) is 1. The summed E-state index contributed by atoms with van der Waals surface area (Å²) in [7, 11) is -2.20. The normalized spacial score (nSPS) is 11.6. The van der Waals surface area contributed by atoms with E-state index in [2.05, 4.69) is 14.9 Å². The van der Waals surface area contributed by atoms with Crippen LogP contribution in [-0.2, 0) is 16.6 Å². The Balaban J connectivity index is 1.79. The van der Waals surface area contributed by atoms with Gasteiger partial charge in [-0.2, -0.15) is 4.98 Å². The SMILES string of the molecule is COc1cc(C)c(S(=O)(=O)NCc2nc(-c3cccc(C)c3)no2)c(C)c1. The number of benzene rings is 2. The molecule has 1 heterocycles. The molecule has 0 aliphatic carbocycles. The van der Waals surface area contributed by atoms with Crippen LogP contribution in [0.1, 0.15) is 22.6 Å². The fourth-order valence-corrected chi connectivity index (χ4v) is 4.33. The van der Waals surface area contributed by atoms with Crippen LogP contribution in [0.2, 0.25) is 0 Å². The molecule has 1 N–H and O–H groups in total. The number of methoxy groups -OCH3 is 1.